The van der Waals surface area contributed by atoms with Crippen LogP contribution in [0.3, 0.4) is 0 Å². The van der Waals surface area contributed by atoms with Crippen molar-refractivity contribution in [1.82, 2.24) is 5.32 Å². The average Bonchev–Trinajstić information content (AvgIpc) is 2.82. The third-order valence-electron chi connectivity index (χ3n) is 5.65. The van der Waals surface area contributed by atoms with Crippen LogP contribution < -0.4 is 51.0 Å². The fourth-order valence-corrected chi connectivity index (χ4v) is 3.71. The molecule has 0 saturated heterocycles. The Morgan fingerprint density at radius 1 is 0.853 bits per heavy atom. The number of aromatic hydroxyl groups is 1. The van der Waals surface area contributed by atoms with E-state index >= 15 is 0 Å². The van der Waals surface area contributed by atoms with Crippen LogP contribution >= 0.6 is 0 Å². The maximum atomic E-state index is 13.8. The van der Waals surface area contributed by atoms with E-state index in [1.54, 1.807) is 18.2 Å². The molecule has 2 atom stereocenters. The summed E-state index contributed by atoms with van der Waals surface area (Å²) in [6, 6.07) is 18.3. The molecule has 0 saturated carbocycles. The van der Waals surface area contributed by atoms with Crippen LogP contribution in [0.25, 0.3) is 0 Å². The molecule has 0 aliphatic heterocycles. The minimum Gasteiger partial charge on any atom is -1.00 e. The zero-order chi connectivity index (χ0) is 23.7. The van der Waals surface area contributed by atoms with Gasteiger partial charge in [-0.15, -0.1) is 0 Å². The van der Waals surface area contributed by atoms with Gasteiger partial charge in [-0.1, -0.05) is 48.0 Å². The molecular formula is C26H23F2N2NaO3. The Balaban J connectivity index is 0.00000216. The first-order valence-electron chi connectivity index (χ1n) is 10.4. The van der Waals surface area contributed by atoms with E-state index in [0.29, 0.717) is 11.3 Å². The summed E-state index contributed by atoms with van der Waals surface area (Å²) in [6.07, 6.45) is 0. The Hall–Kier alpha value is -2.84. The van der Waals surface area contributed by atoms with Crippen molar-refractivity contribution >= 4 is 11.4 Å². The van der Waals surface area contributed by atoms with Gasteiger partial charge in [-0.3, -0.25) is 14.9 Å². The van der Waals surface area contributed by atoms with E-state index in [0.717, 1.165) is 22.8 Å². The molecule has 5 nitrogen and oxygen atoms in total. The van der Waals surface area contributed by atoms with Crippen molar-refractivity contribution in [3.63, 3.8) is 0 Å². The second-order valence-corrected chi connectivity index (χ2v) is 8.04. The first-order chi connectivity index (χ1) is 15.7. The summed E-state index contributed by atoms with van der Waals surface area (Å²) in [5.41, 5.74) is 2.18. The van der Waals surface area contributed by atoms with Gasteiger partial charge in [0.15, 0.2) is 17.4 Å². The van der Waals surface area contributed by atoms with E-state index in [2.05, 4.69) is 10.6 Å². The minimum atomic E-state index is -0.910. The number of anilines is 2. The first-order valence-corrected chi connectivity index (χ1v) is 10.4. The van der Waals surface area contributed by atoms with Crippen molar-refractivity contribution in [2.45, 2.75) is 25.9 Å². The fourth-order valence-electron chi connectivity index (χ4n) is 3.71. The van der Waals surface area contributed by atoms with Crippen molar-refractivity contribution in [3.8, 4) is 5.75 Å². The van der Waals surface area contributed by atoms with Crippen LogP contribution in [-0.2, 0) is 0 Å². The molecule has 8 heteroatoms. The first kappa shape index (κ1) is 25.8. The molecule has 0 aliphatic rings. The molecule has 2 unspecified atom stereocenters. The Morgan fingerprint density at radius 3 is 2.18 bits per heavy atom. The summed E-state index contributed by atoms with van der Waals surface area (Å²) in [5.74, 6) is -2.39. The quantitative estimate of drug-likeness (QED) is 0.283. The summed E-state index contributed by atoms with van der Waals surface area (Å²) in [4.78, 5) is 23.0. The second kappa shape index (κ2) is 10.6. The van der Waals surface area contributed by atoms with E-state index in [1.165, 1.54) is 12.1 Å². The summed E-state index contributed by atoms with van der Waals surface area (Å²) >= 11 is 0. The molecule has 0 heterocycles. The van der Waals surface area contributed by atoms with Gasteiger partial charge >= 0.3 is 29.6 Å². The number of rotatable bonds is 7. The predicted molar refractivity (Wildman–Crippen MR) is 125 cm³/mol. The van der Waals surface area contributed by atoms with Gasteiger partial charge in [0, 0.05) is 11.7 Å². The molecule has 0 bridgehead atoms. The number of hydrogen-bond acceptors (Lipinski definition) is 5. The molecule has 0 radical (unpaired) electrons. The van der Waals surface area contributed by atoms with Crippen LogP contribution in [0.5, 0.6) is 5.75 Å². The topological polar surface area (TPSA) is 78.4 Å². The summed E-state index contributed by atoms with van der Waals surface area (Å²) in [5, 5.41) is 15.9. The number of benzene rings is 3. The Morgan fingerprint density at radius 2 is 1.53 bits per heavy atom. The zero-order valence-corrected chi connectivity index (χ0v) is 21.0. The van der Waals surface area contributed by atoms with Crippen LogP contribution in [0.1, 0.15) is 42.7 Å². The van der Waals surface area contributed by atoms with Crippen LogP contribution in [0.15, 0.2) is 76.3 Å². The molecule has 0 aliphatic carbocycles. The SMILES string of the molecule is Cc1ccc(C(NC(C)c2ccc(F)c(F)c2)c2cccc(Nc3c(O)c(=O)c3=O)c2)cc1.[H-].[Na+]. The largest absolute Gasteiger partial charge is 1.00 e. The smallest absolute Gasteiger partial charge is 1.00 e. The molecule has 34 heavy (non-hydrogen) atoms. The Bertz CT molecular complexity index is 1390. The summed E-state index contributed by atoms with van der Waals surface area (Å²) < 4.78 is 27.2. The number of halogens is 2. The normalized spacial score (nSPS) is 12.7. The molecule has 3 N–H and O–H groups in total. The maximum Gasteiger partial charge on any atom is 1.00 e. The van der Waals surface area contributed by atoms with Crippen molar-refractivity contribution in [2.75, 3.05) is 5.32 Å². The van der Waals surface area contributed by atoms with Crippen LogP contribution in [0.2, 0.25) is 0 Å². The molecule has 4 aromatic carbocycles. The molecule has 4 rings (SSSR count). The minimum absolute atomic E-state index is 0. The molecule has 0 amide bonds. The van der Waals surface area contributed by atoms with Gasteiger partial charge in [-0.05, 0) is 54.8 Å². The van der Waals surface area contributed by atoms with Gasteiger partial charge in [0.1, 0.15) is 5.69 Å². The van der Waals surface area contributed by atoms with Gasteiger partial charge in [0.25, 0.3) is 10.9 Å². The van der Waals surface area contributed by atoms with Crippen LogP contribution in [0, 0.1) is 18.6 Å². The van der Waals surface area contributed by atoms with E-state index in [4.69, 9.17) is 0 Å². The van der Waals surface area contributed by atoms with Gasteiger partial charge in [0.05, 0.1) is 6.04 Å². The summed E-state index contributed by atoms with van der Waals surface area (Å²) in [6.45, 7) is 3.84. The van der Waals surface area contributed by atoms with Gasteiger partial charge in [-0.25, -0.2) is 8.78 Å². The van der Waals surface area contributed by atoms with E-state index in [-0.39, 0.29) is 48.8 Å². The van der Waals surface area contributed by atoms with Gasteiger partial charge < -0.3 is 11.8 Å². The fraction of sp³-hybridized carbons (Fsp3) is 0.154. The number of nitrogens with one attached hydrogen (secondary N) is 2. The number of hydrogen-bond donors (Lipinski definition) is 3. The molecule has 0 aromatic heterocycles. The monoisotopic (exact) mass is 472 g/mol. The third kappa shape index (κ3) is 5.28. The molecule has 0 spiro atoms. The van der Waals surface area contributed by atoms with E-state index in [9.17, 15) is 23.5 Å². The van der Waals surface area contributed by atoms with Crippen molar-refractivity contribution in [3.05, 3.63) is 121 Å². The second-order valence-electron chi connectivity index (χ2n) is 8.04. The van der Waals surface area contributed by atoms with E-state index in [1.807, 2.05) is 44.2 Å². The average molecular weight is 472 g/mol. The third-order valence-corrected chi connectivity index (χ3v) is 5.65. The standard InChI is InChI=1S/C26H22F2N2O3.Na.H/c1-14-6-8-16(9-7-14)22(29-15(2)17-10-11-20(27)21(28)13-17)18-4-3-5-19(12-18)30-23-24(31)26(33)25(23)32;;/h3-13,15,22,29-31H,1-2H3;;/q;+1;-1. The van der Waals surface area contributed by atoms with E-state index < -0.39 is 28.2 Å². The maximum absolute atomic E-state index is 13.8. The summed E-state index contributed by atoms with van der Waals surface area (Å²) in [7, 11) is 0. The van der Waals surface area contributed by atoms with Crippen LogP contribution in [-0.4, -0.2) is 5.11 Å². The molecule has 0 fully saturated rings. The Kier molecular flexibility index (Phi) is 8.05. The molecular weight excluding hydrogens is 449 g/mol. The van der Waals surface area contributed by atoms with Crippen LogP contribution in [0.4, 0.5) is 20.2 Å². The molecule has 4 aromatic rings. The van der Waals surface area contributed by atoms with Gasteiger partial charge in [0.2, 0.25) is 0 Å². The van der Waals surface area contributed by atoms with Crippen molar-refractivity contribution < 1.29 is 44.9 Å². The molecule has 170 valence electrons. The predicted octanol–water partition coefficient (Wildman–Crippen LogP) is 1.88. The van der Waals surface area contributed by atoms with Crippen molar-refractivity contribution in [1.29, 1.82) is 0 Å². The zero-order valence-electron chi connectivity index (χ0n) is 20.0. The van der Waals surface area contributed by atoms with Crippen molar-refractivity contribution in [2.24, 2.45) is 0 Å². The van der Waals surface area contributed by atoms with Gasteiger partial charge in [-0.2, -0.15) is 0 Å². The number of aryl methyl sites for hydroxylation is 1. The Labute approximate surface area is 218 Å².